The molecule has 1 spiro atoms. The SMILES string of the molecule is Cc1cnn(CC2COC3(CCNCC3)C2)c1. The van der Waals surface area contributed by atoms with E-state index >= 15 is 0 Å². The van der Waals surface area contributed by atoms with Crippen LogP contribution in [-0.4, -0.2) is 35.1 Å². The van der Waals surface area contributed by atoms with Gasteiger partial charge in [-0.15, -0.1) is 0 Å². The summed E-state index contributed by atoms with van der Waals surface area (Å²) in [6, 6.07) is 0. The van der Waals surface area contributed by atoms with Gasteiger partial charge < -0.3 is 10.1 Å². The molecule has 1 aromatic heterocycles. The van der Waals surface area contributed by atoms with Crippen molar-refractivity contribution >= 4 is 0 Å². The first-order valence-corrected chi connectivity index (χ1v) is 6.60. The molecule has 4 nitrogen and oxygen atoms in total. The molecule has 1 aromatic rings. The lowest BCUT2D eigenvalue weighted by atomic mass is 9.86. The molecule has 1 atom stereocenters. The van der Waals surface area contributed by atoms with Crippen molar-refractivity contribution in [2.24, 2.45) is 5.92 Å². The molecule has 0 bridgehead atoms. The highest BCUT2D eigenvalue weighted by Gasteiger charge is 2.41. The summed E-state index contributed by atoms with van der Waals surface area (Å²) in [4.78, 5) is 0. The predicted octanol–water partition coefficient (Wildman–Crippen LogP) is 1.35. The fraction of sp³-hybridized carbons (Fsp3) is 0.769. The van der Waals surface area contributed by atoms with Gasteiger partial charge in [0.1, 0.15) is 0 Å². The van der Waals surface area contributed by atoms with Crippen molar-refractivity contribution in [1.82, 2.24) is 15.1 Å². The third-order valence-electron chi connectivity index (χ3n) is 4.01. The summed E-state index contributed by atoms with van der Waals surface area (Å²) >= 11 is 0. The Bertz CT molecular complexity index is 382. The number of hydrogen-bond donors (Lipinski definition) is 1. The van der Waals surface area contributed by atoms with Crippen molar-refractivity contribution in [1.29, 1.82) is 0 Å². The van der Waals surface area contributed by atoms with Crippen molar-refractivity contribution < 1.29 is 4.74 Å². The Labute approximate surface area is 102 Å². The fourth-order valence-electron chi connectivity index (χ4n) is 3.12. The van der Waals surface area contributed by atoms with Crippen LogP contribution in [-0.2, 0) is 11.3 Å². The Morgan fingerprint density at radius 3 is 3.06 bits per heavy atom. The minimum absolute atomic E-state index is 0.179. The maximum Gasteiger partial charge on any atom is 0.0711 e. The molecule has 0 aliphatic carbocycles. The van der Waals surface area contributed by atoms with E-state index < -0.39 is 0 Å². The minimum Gasteiger partial charge on any atom is -0.375 e. The lowest BCUT2D eigenvalue weighted by molar-refractivity contribution is -0.0198. The normalized spacial score (nSPS) is 27.7. The zero-order valence-corrected chi connectivity index (χ0v) is 10.5. The molecule has 2 aliphatic rings. The second-order valence-corrected chi connectivity index (χ2v) is 5.55. The van der Waals surface area contributed by atoms with Gasteiger partial charge in [0.15, 0.2) is 0 Å². The Balaban J connectivity index is 1.60. The van der Waals surface area contributed by atoms with Gasteiger partial charge in [0.05, 0.1) is 18.4 Å². The Kier molecular flexibility index (Phi) is 2.92. The average Bonchev–Trinajstić information content (AvgIpc) is 2.89. The molecule has 2 aliphatic heterocycles. The van der Waals surface area contributed by atoms with E-state index in [1.54, 1.807) is 0 Å². The molecule has 2 fully saturated rings. The molecule has 4 heteroatoms. The van der Waals surface area contributed by atoms with Gasteiger partial charge in [0, 0.05) is 18.7 Å². The Hall–Kier alpha value is -0.870. The van der Waals surface area contributed by atoms with Crippen molar-refractivity contribution in [2.75, 3.05) is 19.7 Å². The highest BCUT2D eigenvalue weighted by atomic mass is 16.5. The van der Waals surface area contributed by atoms with Crippen LogP contribution >= 0.6 is 0 Å². The first kappa shape index (κ1) is 11.2. The Morgan fingerprint density at radius 2 is 2.35 bits per heavy atom. The summed E-state index contributed by atoms with van der Waals surface area (Å²) in [5, 5.41) is 7.77. The second kappa shape index (κ2) is 4.42. The van der Waals surface area contributed by atoms with Crippen LogP contribution in [0.25, 0.3) is 0 Å². The number of nitrogens with zero attached hydrogens (tertiary/aromatic N) is 2. The molecule has 1 unspecified atom stereocenters. The highest BCUT2D eigenvalue weighted by Crippen LogP contribution is 2.37. The molecule has 2 saturated heterocycles. The summed E-state index contributed by atoms with van der Waals surface area (Å²) in [6.07, 6.45) is 7.58. The van der Waals surface area contributed by atoms with Crippen LogP contribution in [0, 0.1) is 12.8 Å². The number of rotatable bonds is 2. The number of nitrogens with one attached hydrogen (secondary N) is 1. The molecule has 0 aromatic carbocycles. The van der Waals surface area contributed by atoms with Gasteiger partial charge in [0.2, 0.25) is 0 Å². The quantitative estimate of drug-likeness (QED) is 0.841. The third-order valence-corrected chi connectivity index (χ3v) is 4.01. The number of ether oxygens (including phenoxy) is 1. The average molecular weight is 235 g/mol. The zero-order valence-electron chi connectivity index (χ0n) is 10.5. The van der Waals surface area contributed by atoms with Crippen LogP contribution in [0.2, 0.25) is 0 Å². The molecule has 1 N–H and O–H groups in total. The largest absolute Gasteiger partial charge is 0.375 e. The van der Waals surface area contributed by atoms with E-state index in [0.29, 0.717) is 5.92 Å². The maximum absolute atomic E-state index is 6.09. The maximum atomic E-state index is 6.09. The number of hydrogen-bond acceptors (Lipinski definition) is 3. The summed E-state index contributed by atoms with van der Waals surface area (Å²) in [5.41, 5.74) is 1.42. The van der Waals surface area contributed by atoms with Gasteiger partial charge in [-0.1, -0.05) is 0 Å². The summed E-state index contributed by atoms with van der Waals surface area (Å²) < 4.78 is 8.15. The van der Waals surface area contributed by atoms with Gasteiger partial charge in [-0.3, -0.25) is 4.68 Å². The fourth-order valence-corrected chi connectivity index (χ4v) is 3.12. The van der Waals surface area contributed by atoms with Gasteiger partial charge in [0.25, 0.3) is 0 Å². The molecule has 0 saturated carbocycles. The van der Waals surface area contributed by atoms with Crippen LogP contribution in [0.3, 0.4) is 0 Å². The first-order valence-electron chi connectivity index (χ1n) is 6.60. The summed E-state index contributed by atoms with van der Waals surface area (Å²) in [7, 11) is 0. The van der Waals surface area contributed by atoms with Crippen molar-refractivity contribution in [3.63, 3.8) is 0 Å². The molecular weight excluding hydrogens is 214 g/mol. The summed E-state index contributed by atoms with van der Waals surface area (Å²) in [5.74, 6) is 0.632. The second-order valence-electron chi connectivity index (χ2n) is 5.55. The number of aromatic nitrogens is 2. The smallest absolute Gasteiger partial charge is 0.0711 e. The lowest BCUT2D eigenvalue weighted by Crippen LogP contribution is -2.41. The van der Waals surface area contributed by atoms with Crippen LogP contribution in [0.4, 0.5) is 0 Å². The van der Waals surface area contributed by atoms with Gasteiger partial charge >= 0.3 is 0 Å². The van der Waals surface area contributed by atoms with Gasteiger partial charge in [-0.2, -0.15) is 5.10 Å². The van der Waals surface area contributed by atoms with Gasteiger partial charge in [-0.25, -0.2) is 0 Å². The molecule has 3 rings (SSSR count). The van der Waals surface area contributed by atoms with E-state index in [1.165, 1.54) is 24.8 Å². The van der Waals surface area contributed by atoms with Crippen molar-refractivity contribution in [2.45, 2.75) is 38.3 Å². The van der Waals surface area contributed by atoms with E-state index in [0.717, 1.165) is 26.2 Å². The minimum atomic E-state index is 0.179. The molecular formula is C13H21N3O. The first-order chi connectivity index (χ1) is 8.26. The van der Waals surface area contributed by atoms with E-state index in [4.69, 9.17) is 4.74 Å². The molecule has 0 amide bonds. The van der Waals surface area contributed by atoms with E-state index in [1.807, 2.05) is 6.20 Å². The standard InChI is InChI=1S/C13H21N3O/c1-11-7-15-16(8-11)9-12-6-13(17-10-12)2-4-14-5-3-13/h7-8,12,14H,2-6,9-10H2,1H3. The summed E-state index contributed by atoms with van der Waals surface area (Å²) in [6.45, 7) is 6.20. The zero-order chi connectivity index (χ0) is 11.7. The number of piperidine rings is 1. The predicted molar refractivity (Wildman–Crippen MR) is 65.9 cm³/mol. The Morgan fingerprint density at radius 1 is 1.53 bits per heavy atom. The van der Waals surface area contributed by atoms with Crippen LogP contribution in [0.15, 0.2) is 12.4 Å². The van der Waals surface area contributed by atoms with Crippen molar-refractivity contribution in [3.05, 3.63) is 18.0 Å². The molecule has 94 valence electrons. The van der Waals surface area contributed by atoms with Crippen LogP contribution in [0.1, 0.15) is 24.8 Å². The monoisotopic (exact) mass is 235 g/mol. The van der Waals surface area contributed by atoms with Gasteiger partial charge in [-0.05, 0) is 44.8 Å². The highest BCUT2D eigenvalue weighted by molar-refractivity contribution is 5.00. The van der Waals surface area contributed by atoms with E-state index in [-0.39, 0.29) is 5.60 Å². The molecule has 3 heterocycles. The van der Waals surface area contributed by atoms with Crippen LogP contribution < -0.4 is 5.32 Å². The third kappa shape index (κ3) is 2.38. The molecule has 17 heavy (non-hydrogen) atoms. The topological polar surface area (TPSA) is 39.1 Å². The molecule has 0 radical (unpaired) electrons. The lowest BCUT2D eigenvalue weighted by Gasteiger charge is -2.33. The number of aryl methyl sites for hydroxylation is 1. The van der Waals surface area contributed by atoms with Crippen molar-refractivity contribution in [3.8, 4) is 0 Å². The van der Waals surface area contributed by atoms with Crippen LogP contribution in [0.5, 0.6) is 0 Å². The van der Waals surface area contributed by atoms with E-state index in [9.17, 15) is 0 Å². The van der Waals surface area contributed by atoms with E-state index in [2.05, 4.69) is 28.2 Å².